The maximum atomic E-state index is 12.7. The van der Waals surface area contributed by atoms with E-state index in [1.54, 1.807) is 35.1 Å². The summed E-state index contributed by atoms with van der Waals surface area (Å²) < 4.78 is 24.5. The smallest absolute Gasteiger partial charge is 0.335 e. The average molecular weight is 898 g/mol. The van der Waals surface area contributed by atoms with Crippen molar-refractivity contribution in [1.29, 1.82) is 0 Å². The second-order valence-corrected chi connectivity index (χ2v) is 19.1. The molecule has 0 aromatic heterocycles. The quantitative estimate of drug-likeness (QED) is 0.104. The molecule has 7 N–H and O–H groups in total. The Morgan fingerprint density at radius 2 is 1.94 bits per heavy atom. The fourth-order valence-corrected chi connectivity index (χ4v) is 11.2. The molecule has 0 saturated carbocycles. The summed E-state index contributed by atoms with van der Waals surface area (Å²) in [5.41, 5.74) is 4.49. The number of nitrogens with one attached hydrogen (secondary N) is 2. The number of benzene rings is 3. The largest absolute Gasteiger partial charge is 0.508 e. The number of aliphatic imine (C=N–C) groups is 1. The highest BCUT2D eigenvalue weighted by molar-refractivity contribution is 8.76. The van der Waals surface area contributed by atoms with Gasteiger partial charge in [0.05, 0.1) is 12.1 Å². The zero-order valence-corrected chi connectivity index (χ0v) is 36.9. The Morgan fingerprint density at radius 3 is 2.71 bits per heavy atom. The molecule has 9 atom stereocenters. The normalized spacial score (nSPS) is 29.6. The number of β-amino-alcohol motifs (C(OH)–C–C–N with tert-alkyl or cyclic N) is 1. The number of carboxylic acids is 1. The lowest BCUT2D eigenvalue weighted by Gasteiger charge is -2.49. The number of phenols is 1. The van der Waals surface area contributed by atoms with Crippen molar-refractivity contribution in [2.24, 2.45) is 22.7 Å². The van der Waals surface area contributed by atoms with Crippen LogP contribution in [0.2, 0.25) is 0 Å². The summed E-state index contributed by atoms with van der Waals surface area (Å²) in [7, 11) is 5.04. The predicted molar refractivity (Wildman–Crippen MR) is 247 cm³/mol. The van der Waals surface area contributed by atoms with Gasteiger partial charge >= 0.3 is 5.97 Å². The number of carboxylic acid groups (broad SMARTS) is 1. The minimum absolute atomic E-state index is 0.00536. The molecular formula is C48H55N3O10S2. The van der Waals surface area contributed by atoms with Crippen LogP contribution in [0.25, 0.3) is 16.9 Å². The molecule has 4 aliphatic heterocycles. The summed E-state index contributed by atoms with van der Waals surface area (Å²) in [6.07, 6.45) is 6.34. The first-order chi connectivity index (χ1) is 30.5. The van der Waals surface area contributed by atoms with Gasteiger partial charge in [0.2, 0.25) is 6.29 Å². The SMILES string of the molecule is CNCCC1C=CC(=CCC(C)C2CNCC3(O)C(Oc4ccc5c(c4)OCC(c4ccc(O)cc4)=C5O)OC(C(=O)O)C(O)C3OCSSCC2C2=CCN=C2)c2ccccc21. The number of aliphatic hydroxyl groups is 3. The molecule has 334 valence electrons. The van der Waals surface area contributed by atoms with Crippen LogP contribution in [0.1, 0.15) is 47.9 Å². The maximum absolute atomic E-state index is 12.7. The van der Waals surface area contributed by atoms with Gasteiger partial charge in [-0.05, 0) is 103 Å². The molecule has 1 aliphatic carbocycles. The molecule has 2 saturated heterocycles. The number of phenolic OH excluding ortho intramolecular Hbond substituents is 1. The highest BCUT2D eigenvalue weighted by atomic mass is 33.1. The molecule has 3 aromatic rings. The number of aliphatic carboxylic acids is 1. The molecule has 8 rings (SSSR count). The van der Waals surface area contributed by atoms with Gasteiger partial charge in [0, 0.05) is 36.1 Å². The van der Waals surface area contributed by atoms with E-state index in [9.17, 15) is 30.3 Å². The molecule has 0 spiro atoms. The summed E-state index contributed by atoms with van der Waals surface area (Å²) in [4.78, 5) is 17.0. The van der Waals surface area contributed by atoms with Crippen LogP contribution in [0.3, 0.4) is 0 Å². The van der Waals surface area contributed by atoms with Crippen LogP contribution in [0.15, 0.2) is 102 Å². The molecule has 63 heavy (non-hydrogen) atoms. The van der Waals surface area contributed by atoms with Gasteiger partial charge < -0.3 is 55.1 Å². The van der Waals surface area contributed by atoms with Crippen LogP contribution < -0.4 is 20.1 Å². The minimum Gasteiger partial charge on any atom is -0.508 e. The summed E-state index contributed by atoms with van der Waals surface area (Å²) in [6, 6.07) is 19.8. The minimum atomic E-state index is -2.08. The summed E-state index contributed by atoms with van der Waals surface area (Å²) >= 11 is 0. The Kier molecular flexibility index (Phi) is 14.3. The standard InChI is InChI=1S/C48H55N3O10S2/c1-28(7-8-29-9-10-31(17-19-49-2)36-6-4-3-5-35(29)36)38-23-51-26-48(57)45(59-27-63-62-25-40(38)32-18-20-50-22-32)43(54)44(46(55)56)61-47(48)60-34-15-16-37-41(21-34)58-24-39(42(37)53)30-11-13-33(52)14-12-30/h3-6,8-16,18,21-22,28,31,38,40,43-45,47,49,51-54,57H,7,17,19-20,23-27H2,1-2H3,(H,55,56). The van der Waals surface area contributed by atoms with Gasteiger partial charge in [0.25, 0.3) is 0 Å². The Balaban J connectivity index is 1.06. The van der Waals surface area contributed by atoms with Gasteiger partial charge in [-0.15, -0.1) is 0 Å². The fraction of sp³-hybridized carbons (Fsp3) is 0.417. The first-order valence-electron chi connectivity index (χ1n) is 21.4. The third kappa shape index (κ3) is 9.76. The number of fused-ring (bicyclic) bond motifs is 3. The number of rotatable bonds is 11. The zero-order chi connectivity index (χ0) is 44.1. The number of ether oxygens (including phenoxy) is 4. The molecule has 0 bridgehead atoms. The van der Waals surface area contributed by atoms with Crippen molar-refractivity contribution < 1.29 is 49.3 Å². The van der Waals surface area contributed by atoms with Crippen LogP contribution in [0, 0.1) is 17.8 Å². The Labute approximate surface area is 375 Å². The molecule has 5 aliphatic rings. The molecule has 4 heterocycles. The van der Waals surface area contributed by atoms with E-state index in [4.69, 9.17) is 18.9 Å². The summed E-state index contributed by atoms with van der Waals surface area (Å²) in [5.74, 6) is 0.649. The molecule has 3 aromatic carbocycles. The van der Waals surface area contributed by atoms with Crippen molar-refractivity contribution in [2.45, 2.75) is 55.9 Å². The predicted octanol–water partition coefficient (Wildman–Crippen LogP) is 6.43. The average Bonchev–Trinajstić information content (AvgIpc) is 3.82. The second-order valence-electron chi connectivity index (χ2n) is 16.7. The summed E-state index contributed by atoms with van der Waals surface area (Å²) in [6.45, 7) is 4.15. The topological polar surface area (TPSA) is 192 Å². The highest BCUT2D eigenvalue weighted by Gasteiger charge is 2.59. The third-order valence-corrected chi connectivity index (χ3v) is 14.8. The molecule has 15 heteroatoms. The molecular weight excluding hydrogens is 843 g/mol. The van der Waals surface area contributed by atoms with Gasteiger partial charge in [-0.3, -0.25) is 4.99 Å². The van der Waals surface area contributed by atoms with Crippen LogP contribution >= 0.6 is 21.6 Å². The highest BCUT2D eigenvalue weighted by Crippen LogP contribution is 2.43. The number of allylic oxidation sites excluding steroid dienone is 5. The summed E-state index contributed by atoms with van der Waals surface area (Å²) in [5, 5.41) is 62.1. The number of nitrogens with zero attached hydrogens (tertiary/aromatic N) is 1. The Bertz CT molecular complexity index is 2280. The lowest BCUT2D eigenvalue weighted by atomic mass is 9.77. The van der Waals surface area contributed by atoms with Crippen molar-refractivity contribution in [3.8, 4) is 17.2 Å². The van der Waals surface area contributed by atoms with Gasteiger partial charge in [0.1, 0.15) is 47.8 Å². The van der Waals surface area contributed by atoms with Gasteiger partial charge in [-0.2, -0.15) is 0 Å². The van der Waals surface area contributed by atoms with Crippen LogP contribution in [-0.2, 0) is 14.3 Å². The van der Waals surface area contributed by atoms with Gasteiger partial charge in [0.15, 0.2) is 11.7 Å². The number of hydrogen-bond acceptors (Lipinski definition) is 14. The molecule has 0 radical (unpaired) electrons. The van der Waals surface area contributed by atoms with Crippen LogP contribution in [-0.4, -0.2) is 119 Å². The van der Waals surface area contributed by atoms with Crippen molar-refractivity contribution in [2.75, 3.05) is 51.5 Å². The van der Waals surface area contributed by atoms with Crippen molar-refractivity contribution >= 4 is 50.7 Å². The number of aliphatic hydroxyl groups excluding tert-OH is 2. The third-order valence-electron chi connectivity index (χ3n) is 12.7. The van der Waals surface area contributed by atoms with Gasteiger partial charge in [-0.1, -0.05) is 89.2 Å². The van der Waals surface area contributed by atoms with Crippen LogP contribution in [0.5, 0.6) is 17.2 Å². The van der Waals surface area contributed by atoms with E-state index in [0.29, 0.717) is 41.5 Å². The molecule has 9 unspecified atom stereocenters. The Hall–Kier alpha value is -4.58. The van der Waals surface area contributed by atoms with E-state index in [-0.39, 0.29) is 54.1 Å². The molecule has 0 amide bonds. The van der Waals surface area contributed by atoms with Crippen molar-refractivity contribution in [3.63, 3.8) is 0 Å². The van der Waals surface area contributed by atoms with Gasteiger partial charge in [-0.25, -0.2) is 4.79 Å². The number of aromatic hydroxyl groups is 1. The van der Waals surface area contributed by atoms with Crippen molar-refractivity contribution in [1.82, 2.24) is 10.6 Å². The van der Waals surface area contributed by atoms with Crippen molar-refractivity contribution in [3.05, 3.63) is 119 Å². The van der Waals surface area contributed by atoms with E-state index >= 15 is 0 Å². The first kappa shape index (κ1) is 45.0. The monoisotopic (exact) mass is 897 g/mol. The first-order valence-corrected chi connectivity index (χ1v) is 23.9. The fourth-order valence-electron chi connectivity index (χ4n) is 9.19. The molecule has 2 fully saturated rings. The lowest BCUT2D eigenvalue weighted by Crippen LogP contribution is -2.72. The second kappa shape index (κ2) is 20.1. The number of carbonyl (C=O) groups is 1. The van der Waals surface area contributed by atoms with E-state index in [1.165, 1.54) is 51.3 Å². The lowest BCUT2D eigenvalue weighted by molar-refractivity contribution is -0.316. The van der Waals surface area contributed by atoms with E-state index < -0.39 is 36.2 Å². The van der Waals surface area contributed by atoms with E-state index in [2.05, 4.69) is 71.1 Å². The van der Waals surface area contributed by atoms with E-state index in [1.807, 2.05) is 13.3 Å². The Morgan fingerprint density at radius 1 is 1.11 bits per heavy atom. The molecule has 13 nitrogen and oxygen atoms in total. The maximum Gasteiger partial charge on any atom is 0.335 e. The number of hydrogen-bond donors (Lipinski definition) is 7. The van der Waals surface area contributed by atoms with Crippen LogP contribution in [0.4, 0.5) is 0 Å². The zero-order valence-electron chi connectivity index (χ0n) is 35.3. The van der Waals surface area contributed by atoms with E-state index in [0.717, 1.165) is 25.1 Å².